The number of carbonyl (C=O) groups excluding carboxylic acids is 1. The van der Waals surface area contributed by atoms with Crippen molar-refractivity contribution in [1.82, 2.24) is 0 Å². The molecule has 1 aliphatic heterocycles. The van der Waals surface area contributed by atoms with Crippen LogP contribution in [0, 0.1) is 11.3 Å². The molecular formula is C25H29N2O5PS. The summed E-state index contributed by atoms with van der Waals surface area (Å²) in [5, 5.41) is 8.40. The van der Waals surface area contributed by atoms with Crippen LogP contribution in [0.5, 0.6) is 11.5 Å². The molecule has 9 heteroatoms. The molecule has 0 spiro atoms. The summed E-state index contributed by atoms with van der Waals surface area (Å²) in [6.07, 6.45) is 0.168. The highest BCUT2D eigenvalue weighted by Crippen LogP contribution is 2.70. The van der Waals surface area contributed by atoms with Crippen molar-refractivity contribution in [3.8, 4) is 17.6 Å². The van der Waals surface area contributed by atoms with Gasteiger partial charge in [-0.15, -0.1) is 0 Å². The molecule has 0 radical (unpaired) electrons. The van der Waals surface area contributed by atoms with Crippen molar-refractivity contribution in [3.63, 3.8) is 0 Å². The van der Waals surface area contributed by atoms with E-state index in [0.29, 0.717) is 50.4 Å². The number of nitrogens with zero attached hydrogens (tertiary/aromatic N) is 1. The van der Waals surface area contributed by atoms with Gasteiger partial charge in [0.15, 0.2) is 6.34 Å². The number of hydrogen-bond acceptors (Lipinski definition) is 7. The average Bonchev–Trinajstić information content (AvgIpc) is 2.85. The third-order valence-corrected chi connectivity index (χ3v) is 11.7. The fraction of sp³-hybridized carbons (Fsp3) is 0.360. The molecule has 1 saturated heterocycles. The Morgan fingerprint density at radius 1 is 1.18 bits per heavy atom. The van der Waals surface area contributed by atoms with E-state index in [0.717, 1.165) is 16.2 Å². The molecule has 1 fully saturated rings. The number of nitriles is 1. The Labute approximate surface area is 204 Å². The van der Waals surface area contributed by atoms with Gasteiger partial charge in [0.1, 0.15) is 16.7 Å². The smallest absolute Gasteiger partial charge is 0.232 e. The van der Waals surface area contributed by atoms with Crippen molar-refractivity contribution in [2.45, 2.75) is 29.3 Å². The summed E-state index contributed by atoms with van der Waals surface area (Å²) in [6.45, 7) is 2.81. The number of carbonyl (C=O) groups is 1. The van der Waals surface area contributed by atoms with Gasteiger partial charge >= 0.3 is 0 Å². The molecule has 1 amide bonds. The highest BCUT2D eigenvalue weighted by atomic mass is 32.7. The normalized spacial score (nSPS) is 17.3. The van der Waals surface area contributed by atoms with E-state index in [9.17, 15) is 14.6 Å². The van der Waals surface area contributed by atoms with Crippen LogP contribution in [0.3, 0.4) is 0 Å². The molecule has 1 aliphatic rings. The minimum atomic E-state index is -2.99. The zero-order chi connectivity index (χ0) is 24.6. The van der Waals surface area contributed by atoms with Crippen molar-refractivity contribution in [3.05, 3.63) is 60.2 Å². The molecule has 0 saturated carbocycles. The first-order chi connectivity index (χ1) is 16.3. The first kappa shape index (κ1) is 25.9. The summed E-state index contributed by atoms with van der Waals surface area (Å²) in [6, 6.07) is 16.8. The lowest BCUT2D eigenvalue weighted by Crippen LogP contribution is -2.47. The summed E-state index contributed by atoms with van der Waals surface area (Å²) >= 11 is 1.21. The Balaban J connectivity index is 1.57. The Hall–Kier alpha value is -2.72. The molecule has 180 valence electrons. The second-order valence-electron chi connectivity index (χ2n) is 8.01. The van der Waals surface area contributed by atoms with E-state index < -0.39 is 17.4 Å². The van der Waals surface area contributed by atoms with Crippen LogP contribution >= 0.6 is 17.7 Å². The van der Waals surface area contributed by atoms with Gasteiger partial charge in [0, 0.05) is 24.5 Å². The van der Waals surface area contributed by atoms with Crippen molar-refractivity contribution >= 4 is 29.2 Å². The third-order valence-electron chi connectivity index (χ3n) is 5.92. The summed E-state index contributed by atoms with van der Waals surface area (Å²) in [4.78, 5) is 13.0. The molecule has 0 aliphatic carbocycles. The number of nitrogens with two attached hydrogens (primary N) is 1. The van der Waals surface area contributed by atoms with Crippen molar-refractivity contribution < 1.29 is 23.6 Å². The number of rotatable bonds is 10. The number of primary amides is 1. The second-order valence-corrected chi connectivity index (χ2v) is 13.9. The quantitative estimate of drug-likeness (QED) is 0.274. The Morgan fingerprint density at radius 3 is 2.35 bits per heavy atom. The maximum atomic E-state index is 13.6. The molecule has 3 rings (SSSR count). The Morgan fingerprint density at radius 2 is 1.79 bits per heavy atom. The van der Waals surface area contributed by atoms with Crippen molar-refractivity contribution in [2.24, 2.45) is 5.73 Å². The van der Waals surface area contributed by atoms with Crippen LogP contribution in [-0.2, 0) is 14.1 Å². The van der Waals surface area contributed by atoms with Gasteiger partial charge in [-0.1, -0.05) is 17.5 Å². The number of hydrogen-bond donors (Lipinski definition) is 1. The standard InChI is InChI=1S/C25H29N2O5PS/c1-30-21-7-5-19(6-8-21)20(18-26)4-3-15-32-22-9-11-23(12-10-22)34-33(2,29)25(24(27)28)13-16-31-17-14-25/h4-12H,3,13-17H2,1-2H3,(H2,27,28)/b20-4+. The van der Waals surface area contributed by atoms with Gasteiger partial charge in [-0.25, -0.2) is 0 Å². The maximum absolute atomic E-state index is 13.6. The number of amides is 1. The summed E-state index contributed by atoms with van der Waals surface area (Å²) in [7, 11) is 1.60. The van der Waals surface area contributed by atoms with Crippen LogP contribution in [-0.4, -0.2) is 44.7 Å². The first-order valence-electron chi connectivity index (χ1n) is 10.9. The lowest BCUT2D eigenvalue weighted by Gasteiger charge is -2.38. The topological polar surface area (TPSA) is 112 Å². The lowest BCUT2D eigenvalue weighted by molar-refractivity contribution is -0.122. The van der Waals surface area contributed by atoms with Gasteiger partial charge in [-0.3, -0.25) is 4.79 Å². The highest BCUT2D eigenvalue weighted by Gasteiger charge is 2.51. The minimum absolute atomic E-state index is 0.374. The van der Waals surface area contributed by atoms with Gasteiger partial charge in [0.05, 0.1) is 25.4 Å². The Kier molecular flexibility index (Phi) is 8.84. The van der Waals surface area contributed by atoms with Gasteiger partial charge in [-0.2, -0.15) is 5.26 Å². The predicted molar refractivity (Wildman–Crippen MR) is 135 cm³/mol. The van der Waals surface area contributed by atoms with Gasteiger partial charge in [0.25, 0.3) is 0 Å². The molecule has 0 aromatic heterocycles. The maximum Gasteiger partial charge on any atom is 0.232 e. The molecule has 7 nitrogen and oxygen atoms in total. The van der Waals surface area contributed by atoms with E-state index in [4.69, 9.17) is 19.9 Å². The minimum Gasteiger partial charge on any atom is -0.497 e. The van der Waals surface area contributed by atoms with Gasteiger partial charge in [-0.05, 0) is 73.6 Å². The fourth-order valence-corrected chi connectivity index (χ4v) is 8.97. The van der Waals surface area contributed by atoms with Gasteiger partial charge in [0.2, 0.25) is 5.91 Å². The summed E-state index contributed by atoms with van der Waals surface area (Å²) in [5.74, 6) is 0.888. The van der Waals surface area contributed by atoms with Crippen LogP contribution in [0.2, 0.25) is 0 Å². The van der Waals surface area contributed by atoms with Crippen LogP contribution in [0.1, 0.15) is 24.8 Å². The van der Waals surface area contributed by atoms with E-state index in [2.05, 4.69) is 6.07 Å². The van der Waals surface area contributed by atoms with E-state index >= 15 is 0 Å². The van der Waals surface area contributed by atoms with E-state index in [1.54, 1.807) is 13.8 Å². The number of allylic oxidation sites excluding steroid dienone is 1. The predicted octanol–water partition coefficient (Wildman–Crippen LogP) is 5.11. The molecule has 34 heavy (non-hydrogen) atoms. The average molecular weight is 501 g/mol. The number of benzene rings is 2. The van der Waals surface area contributed by atoms with Crippen molar-refractivity contribution in [2.75, 3.05) is 33.6 Å². The monoisotopic (exact) mass is 500 g/mol. The summed E-state index contributed by atoms with van der Waals surface area (Å²) in [5.41, 5.74) is 7.09. The zero-order valence-electron chi connectivity index (χ0n) is 19.4. The largest absolute Gasteiger partial charge is 0.497 e. The molecule has 2 N–H and O–H groups in total. The van der Waals surface area contributed by atoms with Crippen molar-refractivity contribution in [1.29, 1.82) is 5.26 Å². The number of methoxy groups -OCH3 is 1. The van der Waals surface area contributed by atoms with E-state index in [-0.39, 0.29) is 0 Å². The first-order valence-corrected chi connectivity index (χ1v) is 14.5. The highest BCUT2D eigenvalue weighted by molar-refractivity contribution is 8.58. The molecule has 1 unspecified atom stereocenters. The van der Waals surface area contributed by atoms with E-state index in [1.807, 2.05) is 54.6 Å². The fourth-order valence-electron chi connectivity index (χ4n) is 3.83. The van der Waals surface area contributed by atoms with Gasteiger partial charge < -0.3 is 24.5 Å². The van der Waals surface area contributed by atoms with Crippen LogP contribution < -0.4 is 15.2 Å². The zero-order valence-corrected chi connectivity index (χ0v) is 21.1. The molecule has 2 aromatic carbocycles. The third kappa shape index (κ3) is 6.04. The molecule has 0 bridgehead atoms. The molecule has 2 aromatic rings. The molecule has 1 heterocycles. The van der Waals surface area contributed by atoms with Crippen LogP contribution in [0.15, 0.2) is 59.5 Å². The van der Waals surface area contributed by atoms with Crippen LogP contribution in [0.25, 0.3) is 5.57 Å². The van der Waals surface area contributed by atoms with Crippen LogP contribution in [0.4, 0.5) is 0 Å². The summed E-state index contributed by atoms with van der Waals surface area (Å²) < 4.78 is 29.9. The van der Waals surface area contributed by atoms with E-state index in [1.165, 1.54) is 11.4 Å². The Bertz CT molecular complexity index is 1100. The SMILES string of the molecule is COc1ccc(/C(C#N)=C/CCOc2ccc(SP(C)(=O)C3(C(N)=O)CCOCC3)cc2)cc1. The number of ether oxygens (including phenoxy) is 3. The molecule has 1 atom stereocenters. The molecular weight excluding hydrogens is 471 g/mol. The second kappa shape index (κ2) is 11.6. The lowest BCUT2D eigenvalue weighted by atomic mass is 9.98.